The van der Waals surface area contributed by atoms with Gasteiger partial charge in [0.05, 0.1) is 24.9 Å². The van der Waals surface area contributed by atoms with Crippen LogP contribution < -0.4 is 11.1 Å². The fraction of sp³-hybridized carbons (Fsp3) is 0.364. The molecule has 0 saturated heterocycles. The first kappa shape index (κ1) is 20.5. The lowest BCUT2D eigenvalue weighted by atomic mass is 9.84. The standard InChI is InChI=1S/C22H27N5O2/c1-15(2)22(3)13-20(29)27(21(23)26-22)14-17-9-10-24-18(11-17)25-19(28)12-16-7-5-4-6-8-16/h4-11,15H,12-14H2,1-3H3,(H2,23,26)(H,24,25,28)/t22-/m0/s1. The largest absolute Gasteiger partial charge is 0.369 e. The summed E-state index contributed by atoms with van der Waals surface area (Å²) in [5.74, 6) is 0.669. The molecular formula is C22H27N5O2. The molecule has 1 aliphatic rings. The van der Waals surface area contributed by atoms with E-state index >= 15 is 0 Å². The molecule has 0 unspecified atom stereocenters. The molecule has 0 saturated carbocycles. The summed E-state index contributed by atoms with van der Waals surface area (Å²) >= 11 is 0. The van der Waals surface area contributed by atoms with E-state index < -0.39 is 5.54 Å². The van der Waals surface area contributed by atoms with Crippen molar-refractivity contribution in [1.29, 1.82) is 0 Å². The first-order chi connectivity index (χ1) is 13.8. The number of nitrogens with two attached hydrogens (primary N) is 1. The Kier molecular flexibility index (Phi) is 5.96. The molecule has 1 aliphatic heterocycles. The van der Waals surface area contributed by atoms with E-state index in [9.17, 15) is 9.59 Å². The lowest BCUT2D eigenvalue weighted by Crippen LogP contribution is -2.51. The van der Waals surface area contributed by atoms with Gasteiger partial charge in [-0.3, -0.25) is 14.5 Å². The number of nitrogens with zero attached hydrogens (tertiary/aromatic N) is 3. The summed E-state index contributed by atoms with van der Waals surface area (Å²) in [4.78, 5) is 35.2. The van der Waals surface area contributed by atoms with Gasteiger partial charge in [-0.15, -0.1) is 0 Å². The molecule has 29 heavy (non-hydrogen) atoms. The van der Waals surface area contributed by atoms with Gasteiger partial charge in [0.2, 0.25) is 11.8 Å². The second kappa shape index (κ2) is 8.43. The lowest BCUT2D eigenvalue weighted by molar-refractivity contribution is -0.130. The molecule has 0 radical (unpaired) electrons. The molecule has 0 bridgehead atoms. The van der Waals surface area contributed by atoms with Gasteiger partial charge in [0.1, 0.15) is 5.82 Å². The van der Waals surface area contributed by atoms with Crippen molar-refractivity contribution in [3.05, 3.63) is 59.8 Å². The van der Waals surface area contributed by atoms with Crippen LogP contribution >= 0.6 is 0 Å². The minimum absolute atomic E-state index is 0.0554. The van der Waals surface area contributed by atoms with Gasteiger partial charge in [0.25, 0.3) is 0 Å². The number of pyridine rings is 1. The van der Waals surface area contributed by atoms with Crippen LogP contribution in [0.1, 0.15) is 38.3 Å². The number of hydrogen-bond acceptors (Lipinski definition) is 5. The smallest absolute Gasteiger partial charge is 0.232 e. The third-order valence-electron chi connectivity index (χ3n) is 5.34. The van der Waals surface area contributed by atoms with Crippen molar-refractivity contribution in [1.82, 2.24) is 9.88 Å². The van der Waals surface area contributed by atoms with E-state index in [-0.39, 0.29) is 36.7 Å². The summed E-state index contributed by atoms with van der Waals surface area (Å²) in [7, 11) is 0. The number of anilines is 1. The Morgan fingerprint density at radius 2 is 1.97 bits per heavy atom. The summed E-state index contributed by atoms with van der Waals surface area (Å²) in [5, 5.41) is 2.80. The molecule has 1 aromatic heterocycles. The zero-order valence-corrected chi connectivity index (χ0v) is 17.1. The summed E-state index contributed by atoms with van der Waals surface area (Å²) in [6, 6.07) is 13.0. The first-order valence-corrected chi connectivity index (χ1v) is 9.71. The number of aliphatic imine (C=N–C) groups is 1. The molecule has 0 spiro atoms. The average molecular weight is 393 g/mol. The van der Waals surface area contributed by atoms with Gasteiger partial charge in [-0.2, -0.15) is 0 Å². The van der Waals surface area contributed by atoms with Crippen molar-refractivity contribution in [2.45, 2.75) is 45.7 Å². The quantitative estimate of drug-likeness (QED) is 0.788. The Labute approximate surface area is 171 Å². The van der Waals surface area contributed by atoms with Crippen LogP contribution in [0.3, 0.4) is 0 Å². The topological polar surface area (TPSA) is 101 Å². The zero-order chi connectivity index (χ0) is 21.0. The fourth-order valence-electron chi connectivity index (χ4n) is 3.19. The summed E-state index contributed by atoms with van der Waals surface area (Å²) < 4.78 is 0. The summed E-state index contributed by atoms with van der Waals surface area (Å²) in [6.45, 7) is 6.30. The third-order valence-corrected chi connectivity index (χ3v) is 5.34. The van der Waals surface area contributed by atoms with Gasteiger partial charge >= 0.3 is 0 Å². The molecule has 3 N–H and O–H groups in total. The Balaban J connectivity index is 1.68. The number of amides is 2. The number of benzene rings is 1. The maximum absolute atomic E-state index is 12.7. The Hall–Kier alpha value is -3.22. The first-order valence-electron chi connectivity index (χ1n) is 9.71. The van der Waals surface area contributed by atoms with Gasteiger partial charge < -0.3 is 11.1 Å². The van der Waals surface area contributed by atoms with Crippen LogP contribution in [0, 0.1) is 5.92 Å². The molecule has 0 fully saturated rings. The van der Waals surface area contributed by atoms with Gasteiger partial charge in [-0.1, -0.05) is 44.2 Å². The highest BCUT2D eigenvalue weighted by atomic mass is 16.2. The van der Waals surface area contributed by atoms with Gasteiger partial charge in [-0.05, 0) is 36.1 Å². The van der Waals surface area contributed by atoms with Crippen molar-refractivity contribution < 1.29 is 9.59 Å². The number of rotatable bonds is 6. The van der Waals surface area contributed by atoms with Crippen molar-refractivity contribution >= 4 is 23.6 Å². The highest BCUT2D eigenvalue weighted by Gasteiger charge is 2.38. The number of guanidine groups is 1. The van der Waals surface area contributed by atoms with E-state index in [2.05, 4.69) is 15.3 Å². The SMILES string of the molecule is CC(C)[C@]1(C)CC(=O)N(Cc2ccnc(NC(=O)Cc3ccccc3)c2)C(N)=N1. The molecule has 0 aliphatic carbocycles. The molecule has 2 amide bonds. The maximum atomic E-state index is 12.7. The summed E-state index contributed by atoms with van der Waals surface area (Å²) in [6.07, 6.45) is 2.19. The van der Waals surface area contributed by atoms with Gasteiger partial charge in [0.15, 0.2) is 5.96 Å². The molecule has 7 heteroatoms. The fourth-order valence-corrected chi connectivity index (χ4v) is 3.19. The number of carbonyl (C=O) groups excluding carboxylic acids is 2. The molecule has 1 aromatic carbocycles. The van der Waals surface area contributed by atoms with Crippen molar-refractivity contribution in [3.8, 4) is 0 Å². The van der Waals surface area contributed by atoms with Crippen LogP contribution in [-0.4, -0.2) is 33.2 Å². The predicted molar refractivity (Wildman–Crippen MR) is 113 cm³/mol. The van der Waals surface area contributed by atoms with Crippen molar-refractivity contribution in [2.75, 3.05) is 5.32 Å². The number of nitrogens with one attached hydrogen (secondary N) is 1. The Morgan fingerprint density at radius 3 is 2.62 bits per heavy atom. The summed E-state index contributed by atoms with van der Waals surface area (Å²) in [5.41, 5.74) is 7.37. The van der Waals surface area contributed by atoms with E-state index in [0.29, 0.717) is 12.2 Å². The van der Waals surface area contributed by atoms with Crippen LogP contribution in [0.15, 0.2) is 53.7 Å². The molecule has 2 heterocycles. The zero-order valence-electron chi connectivity index (χ0n) is 17.1. The van der Waals surface area contributed by atoms with Crippen LogP contribution in [0.4, 0.5) is 5.82 Å². The maximum Gasteiger partial charge on any atom is 0.232 e. The van der Waals surface area contributed by atoms with Crippen molar-refractivity contribution in [2.24, 2.45) is 16.6 Å². The van der Waals surface area contributed by atoms with E-state index in [1.54, 1.807) is 18.3 Å². The van der Waals surface area contributed by atoms with Gasteiger partial charge in [0, 0.05) is 6.20 Å². The van der Waals surface area contributed by atoms with E-state index in [1.165, 1.54) is 4.90 Å². The molecule has 1 atom stereocenters. The minimum Gasteiger partial charge on any atom is -0.369 e. The lowest BCUT2D eigenvalue weighted by Gasteiger charge is -2.37. The van der Waals surface area contributed by atoms with Crippen LogP contribution in [-0.2, 0) is 22.6 Å². The highest BCUT2D eigenvalue weighted by Crippen LogP contribution is 2.30. The number of carbonyl (C=O) groups is 2. The Bertz CT molecular complexity index is 926. The molecule has 7 nitrogen and oxygen atoms in total. The van der Waals surface area contributed by atoms with Crippen LogP contribution in [0.2, 0.25) is 0 Å². The van der Waals surface area contributed by atoms with Gasteiger partial charge in [-0.25, -0.2) is 9.98 Å². The molecule has 152 valence electrons. The number of aromatic nitrogens is 1. The average Bonchev–Trinajstić information content (AvgIpc) is 2.65. The Morgan fingerprint density at radius 1 is 1.24 bits per heavy atom. The second-order valence-corrected chi connectivity index (χ2v) is 7.90. The van der Waals surface area contributed by atoms with E-state index in [4.69, 9.17) is 5.73 Å². The minimum atomic E-state index is -0.480. The highest BCUT2D eigenvalue weighted by molar-refractivity contribution is 5.99. The van der Waals surface area contributed by atoms with E-state index in [0.717, 1.165) is 11.1 Å². The molecule has 3 rings (SSSR count). The predicted octanol–water partition coefficient (Wildman–Crippen LogP) is 2.72. The third kappa shape index (κ3) is 4.99. The molecule has 2 aromatic rings. The normalized spacial score (nSPS) is 19.2. The monoisotopic (exact) mass is 393 g/mol. The van der Waals surface area contributed by atoms with E-state index in [1.807, 2.05) is 51.1 Å². The van der Waals surface area contributed by atoms with Crippen LogP contribution in [0.5, 0.6) is 0 Å². The second-order valence-electron chi connectivity index (χ2n) is 7.90. The van der Waals surface area contributed by atoms with Crippen molar-refractivity contribution in [3.63, 3.8) is 0 Å². The molecular weight excluding hydrogens is 366 g/mol. The number of hydrogen-bond donors (Lipinski definition) is 2. The van der Waals surface area contributed by atoms with Crippen LogP contribution in [0.25, 0.3) is 0 Å².